The summed E-state index contributed by atoms with van der Waals surface area (Å²) in [6.07, 6.45) is 32.9. The van der Waals surface area contributed by atoms with Gasteiger partial charge in [0.2, 0.25) is 5.91 Å². The predicted octanol–water partition coefficient (Wildman–Crippen LogP) is 9.22. The molecular weight excluding hydrogens is 1130 g/mol. The number of hydrogen-bond acceptors (Lipinski definition) is 18. The molecule has 516 valence electrons. The van der Waals surface area contributed by atoms with Crippen LogP contribution in [0.1, 0.15) is 264 Å². The smallest absolute Gasteiger partial charge is 0.220 e. The lowest BCUT2D eigenvalue weighted by Crippen LogP contribution is -2.66. The standard InChI is InChI=1S/C69H127NO18/c1-3-5-7-9-11-13-15-17-19-20-21-22-23-24-25-26-27-28-29-30-31-32-33-35-37-39-41-43-45-47-57(75)70-52(53(74)46-44-42-40-38-36-34-18-16-14-12-10-8-6-4-2)51-83-67-63(81)60(78)65(55(49-72)85-67)88-69-64(82)61(79)66(56(50-73)86-69)87-68-62(80)59(77)58(76)54(48-71)84-68/h14,16,36,38,44,46,52-56,58-69,71-74,76-82H,3-13,15,17-35,37,39-43,45,47-51H2,1-2H3,(H,70,75)/b16-14+,38-36+,46-44+. The first-order valence-electron chi connectivity index (χ1n) is 35.2. The van der Waals surface area contributed by atoms with E-state index in [-0.39, 0.29) is 18.9 Å². The van der Waals surface area contributed by atoms with Gasteiger partial charge in [-0.2, -0.15) is 0 Å². The molecule has 17 unspecified atom stereocenters. The maximum atomic E-state index is 13.4. The van der Waals surface area contributed by atoms with Crippen LogP contribution in [0.5, 0.6) is 0 Å². The third kappa shape index (κ3) is 33.2. The molecule has 0 aromatic heterocycles. The van der Waals surface area contributed by atoms with E-state index < -0.39 is 124 Å². The van der Waals surface area contributed by atoms with Gasteiger partial charge in [-0.05, 0) is 44.9 Å². The van der Waals surface area contributed by atoms with Crippen molar-refractivity contribution >= 4 is 5.91 Å². The van der Waals surface area contributed by atoms with E-state index in [1.54, 1.807) is 6.08 Å². The van der Waals surface area contributed by atoms with Crippen molar-refractivity contribution in [3.05, 3.63) is 36.5 Å². The number of carbonyl (C=O) groups is 1. The largest absolute Gasteiger partial charge is 0.394 e. The molecule has 0 aromatic rings. The maximum Gasteiger partial charge on any atom is 0.220 e. The quantitative estimate of drug-likeness (QED) is 0.0199. The highest BCUT2D eigenvalue weighted by atomic mass is 16.8. The number of allylic oxidation sites excluding steroid dienone is 5. The van der Waals surface area contributed by atoms with Crippen LogP contribution >= 0.6 is 0 Å². The van der Waals surface area contributed by atoms with Crippen molar-refractivity contribution in [3.8, 4) is 0 Å². The van der Waals surface area contributed by atoms with Gasteiger partial charge in [0.25, 0.3) is 0 Å². The number of ether oxygens (including phenoxy) is 6. The van der Waals surface area contributed by atoms with Gasteiger partial charge in [-0.1, -0.05) is 249 Å². The van der Waals surface area contributed by atoms with Gasteiger partial charge in [-0.25, -0.2) is 0 Å². The Balaban J connectivity index is 1.39. The number of aliphatic hydroxyl groups is 11. The number of hydrogen-bond donors (Lipinski definition) is 12. The van der Waals surface area contributed by atoms with Crippen molar-refractivity contribution in [1.29, 1.82) is 0 Å². The van der Waals surface area contributed by atoms with Gasteiger partial charge in [0.15, 0.2) is 18.9 Å². The molecule has 0 bridgehead atoms. The summed E-state index contributed by atoms with van der Waals surface area (Å²) in [5, 5.41) is 120. The molecule has 0 radical (unpaired) electrons. The van der Waals surface area contributed by atoms with Crippen LogP contribution in [0.15, 0.2) is 36.5 Å². The Morgan fingerprint density at radius 3 is 1.14 bits per heavy atom. The lowest BCUT2D eigenvalue weighted by Gasteiger charge is -2.48. The number of carbonyl (C=O) groups excluding carboxylic acids is 1. The number of unbranched alkanes of at least 4 members (excludes halogenated alkanes) is 34. The van der Waals surface area contributed by atoms with E-state index in [9.17, 15) is 61.0 Å². The fourth-order valence-electron chi connectivity index (χ4n) is 11.9. The summed E-state index contributed by atoms with van der Waals surface area (Å²) in [5.74, 6) is -0.286. The average molecular weight is 1260 g/mol. The fraction of sp³-hybridized carbons (Fsp3) is 0.899. The molecule has 0 spiro atoms. The predicted molar refractivity (Wildman–Crippen MR) is 342 cm³/mol. The summed E-state index contributed by atoms with van der Waals surface area (Å²) in [6, 6.07) is -0.993. The molecule has 0 aromatic carbocycles. The molecule has 3 rings (SSSR count). The van der Waals surface area contributed by atoms with Crippen molar-refractivity contribution < 1.29 is 89.4 Å². The summed E-state index contributed by atoms with van der Waals surface area (Å²) < 4.78 is 34.3. The summed E-state index contributed by atoms with van der Waals surface area (Å²) >= 11 is 0. The maximum absolute atomic E-state index is 13.4. The zero-order chi connectivity index (χ0) is 64.0. The van der Waals surface area contributed by atoms with Crippen LogP contribution in [0.3, 0.4) is 0 Å². The number of aliphatic hydroxyl groups excluding tert-OH is 11. The van der Waals surface area contributed by atoms with Crippen LogP contribution in [0.2, 0.25) is 0 Å². The van der Waals surface area contributed by atoms with Crippen molar-refractivity contribution in [2.24, 2.45) is 0 Å². The Morgan fingerprint density at radius 2 is 0.727 bits per heavy atom. The zero-order valence-electron chi connectivity index (χ0n) is 54.5. The molecular formula is C69H127NO18. The summed E-state index contributed by atoms with van der Waals surface area (Å²) in [4.78, 5) is 13.4. The first-order chi connectivity index (χ1) is 42.8. The lowest BCUT2D eigenvalue weighted by atomic mass is 9.96. The average Bonchev–Trinajstić information content (AvgIpc) is 2.58. The second-order valence-electron chi connectivity index (χ2n) is 25.3. The van der Waals surface area contributed by atoms with Crippen LogP contribution in [0.4, 0.5) is 0 Å². The Kier molecular flexibility index (Phi) is 46.9. The molecule has 3 aliphatic heterocycles. The highest BCUT2D eigenvalue weighted by Gasteiger charge is 2.53. The third-order valence-corrected chi connectivity index (χ3v) is 17.7. The normalized spacial score (nSPS) is 28.6. The van der Waals surface area contributed by atoms with Gasteiger partial charge in [-0.3, -0.25) is 4.79 Å². The first-order valence-corrected chi connectivity index (χ1v) is 35.2. The highest BCUT2D eigenvalue weighted by molar-refractivity contribution is 5.76. The van der Waals surface area contributed by atoms with Crippen LogP contribution in [-0.2, 0) is 33.2 Å². The van der Waals surface area contributed by atoms with E-state index in [2.05, 4.69) is 43.5 Å². The Bertz CT molecular complexity index is 1740. The van der Waals surface area contributed by atoms with E-state index in [1.807, 2.05) is 6.08 Å². The topological polar surface area (TPSA) is 307 Å². The van der Waals surface area contributed by atoms with Gasteiger partial charge in [0.05, 0.1) is 38.6 Å². The molecule has 3 aliphatic rings. The Morgan fingerprint density at radius 1 is 0.398 bits per heavy atom. The molecule has 19 nitrogen and oxygen atoms in total. The second kappa shape index (κ2) is 51.4. The van der Waals surface area contributed by atoms with Crippen molar-refractivity contribution in [2.45, 2.75) is 369 Å². The van der Waals surface area contributed by atoms with Gasteiger partial charge >= 0.3 is 0 Å². The third-order valence-electron chi connectivity index (χ3n) is 17.7. The molecule has 3 heterocycles. The minimum Gasteiger partial charge on any atom is -0.394 e. The number of amides is 1. The molecule has 1 amide bonds. The minimum atomic E-state index is -1.98. The van der Waals surface area contributed by atoms with Crippen LogP contribution in [-0.4, -0.2) is 193 Å². The van der Waals surface area contributed by atoms with Crippen molar-refractivity contribution in [1.82, 2.24) is 5.32 Å². The molecule has 17 atom stereocenters. The second-order valence-corrected chi connectivity index (χ2v) is 25.3. The van der Waals surface area contributed by atoms with E-state index in [0.29, 0.717) is 12.8 Å². The van der Waals surface area contributed by atoms with Gasteiger partial charge in [-0.15, -0.1) is 0 Å². The van der Waals surface area contributed by atoms with Crippen LogP contribution in [0.25, 0.3) is 0 Å². The summed E-state index contributed by atoms with van der Waals surface area (Å²) in [6.45, 7) is 1.70. The van der Waals surface area contributed by atoms with Crippen molar-refractivity contribution in [3.63, 3.8) is 0 Å². The SMILES string of the molecule is CCCCCC/C=C/CC/C=C/CC/C=C/C(O)C(COC1OC(CO)C(OC2OC(CO)C(OC3OC(CO)C(O)C(O)C3O)C(O)C2O)C(O)C1O)NC(=O)CCCCCCCCCCCCCCCCCCCCCCCCCCCCCCC. The van der Waals surface area contributed by atoms with E-state index in [1.165, 1.54) is 186 Å². The lowest BCUT2D eigenvalue weighted by molar-refractivity contribution is -0.379. The van der Waals surface area contributed by atoms with Crippen molar-refractivity contribution in [2.75, 3.05) is 26.4 Å². The van der Waals surface area contributed by atoms with Crippen LogP contribution in [0, 0.1) is 0 Å². The highest BCUT2D eigenvalue weighted by Crippen LogP contribution is 2.33. The molecule has 3 fully saturated rings. The van der Waals surface area contributed by atoms with E-state index >= 15 is 0 Å². The van der Waals surface area contributed by atoms with Gasteiger partial charge in [0.1, 0.15) is 73.2 Å². The first kappa shape index (κ1) is 80.2. The molecule has 88 heavy (non-hydrogen) atoms. The number of nitrogens with one attached hydrogen (secondary N) is 1. The van der Waals surface area contributed by atoms with Crippen LogP contribution < -0.4 is 5.32 Å². The summed E-state index contributed by atoms with van der Waals surface area (Å²) in [7, 11) is 0. The van der Waals surface area contributed by atoms with Gasteiger partial charge < -0.3 is 89.9 Å². The minimum absolute atomic E-state index is 0.236. The Labute approximate surface area is 530 Å². The molecule has 3 saturated heterocycles. The monoisotopic (exact) mass is 1260 g/mol. The molecule has 19 heteroatoms. The zero-order valence-corrected chi connectivity index (χ0v) is 54.5. The Hall–Kier alpha value is -1.99. The van der Waals surface area contributed by atoms with Gasteiger partial charge in [0, 0.05) is 6.42 Å². The van der Waals surface area contributed by atoms with E-state index in [0.717, 1.165) is 44.9 Å². The number of rotatable bonds is 54. The van der Waals surface area contributed by atoms with E-state index in [4.69, 9.17) is 28.4 Å². The fourth-order valence-corrected chi connectivity index (χ4v) is 11.9. The summed E-state index contributed by atoms with van der Waals surface area (Å²) in [5.41, 5.74) is 0. The molecule has 0 aliphatic carbocycles. The molecule has 12 N–H and O–H groups in total. The molecule has 0 saturated carbocycles.